The second-order valence-corrected chi connectivity index (χ2v) is 4.56. The van der Waals surface area contributed by atoms with Crippen molar-refractivity contribution in [3.05, 3.63) is 60.2 Å². The molecule has 0 bridgehead atoms. The van der Waals surface area contributed by atoms with Crippen LogP contribution in [0.3, 0.4) is 0 Å². The highest BCUT2D eigenvalue weighted by molar-refractivity contribution is 7.81. The van der Waals surface area contributed by atoms with Gasteiger partial charge in [-0.25, -0.2) is 0 Å². The minimum absolute atomic E-state index is 0.0319. The summed E-state index contributed by atoms with van der Waals surface area (Å²) in [4.78, 5) is 14.1. The van der Waals surface area contributed by atoms with Crippen LogP contribution < -0.4 is 10.2 Å². The third-order valence-corrected chi connectivity index (χ3v) is 3.30. The number of benzene rings is 2. The summed E-state index contributed by atoms with van der Waals surface area (Å²) in [6, 6.07) is 17.0. The molecule has 0 aliphatic carbocycles. The quantitative estimate of drug-likeness (QED) is 0.769. The SMILES string of the molecule is O=C1c2ccccc2NC(S)N1c1ccccc1. The Morgan fingerprint density at radius 2 is 1.67 bits per heavy atom. The standard InChI is InChI=1S/C14H12N2OS/c17-13-11-8-4-5-9-12(11)15-14(18)16(13)10-6-2-1-3-7-10/h1-9,14-15,18H. The van der Waals surface area contributed by atoms with E-state index >= 15 is 0 Å². The van der Waals surface area contributed by atoms with Crippen molar-refractivity contribution in [2.75, 3.05) is 10.2 Å². The number of hydrogen-bond donors (Lipinski definition) is 2. The van der Waals surface area contributed by atoms with Gasteiger partial charge < -0.3 is 5.32 Å². The highest BCUT2D eigenvalue weighted by Crippen LogP contribution is 2.30. The van der Waals surface area contributed by atoms with Crippen molar-refractivity contribution in [1.29, 1.82) is 0 Å². The maximum atomic E-state index is 12.5. The molecule has 4 heteroatoms. The highest BCUT2D eigenvalue weighted by atomic mass is 32.1. The molecule has 18 heavy (non-hydrogen) atoms. The van der Waals surface area contributed by atoms with Crippen LogP contribution in [0, 0.1) is 0 Å². The van der Waals surface area contributed by atoms with E-state index in [0.717, 1.165) is 11.4 Å². The molecule has 0 saturated carbocycles. The summed E-state index contributed by atoms with van der Waals surface area (Å²) in [6.07, 6.45) is 0. The summed E-state index contributed by atoms with van der Waals surface area (Å²) in [7, 11) is 0. The third kappa shape index (κ3) is 1.75. The van der Waals surface area contributed by atoms with Crippen LogP contribution in [-0.2, 0) is 0 Å². The summed E-state index contributed by atoms with van der Waals surface area (Å²) < 4.78 is 0. The molecule has 3 rings (SSSR count). The Morgan fingerprint density at radius 3 is 2.44 bits per heavy atom. The molecule has 1 aliphatic rings. The van der Waals surface area contributed by atoms with Crippen LogP contribution >= 0.6 is 12.6 Å². The maximum Gasteiger partial charge on any atom is 0.262 e. The fourth-order valence-corrected chi connectivity index (χ4v) is 2.46. The van der Waals surface area contributed by atoms with Gasteiger partial charge in [0.2, 0.25) is 0 Å². The normalized spacial score (nSPS) is 18.2. The number of hydrogen-bond acceptors (Lipinski definition) is 3. The zero-order valence-corrected chi connectivity index (χ0v) is 10.5. The first-order chi connectivity index (χ1) is 8.77. The molecule has 1 N–H and O–H groups in total. The van der Waals surface area contributed by atoms with Crippen LogP contribution in [0.15, 0.2) is 54.6 Å². The number of carbonyl (C=O) groups excluding carboxylic acids is 1. The van der Waals surface area contributed by atoms with E-state index in [0.29, 0.717) is 5.56 Å². The lowest BCUT2D eigenvalue weighted by Gasteiger charge is -2.35. The van der Waals surface area contributed by atoms with Crippen molar-refractivity contribution >= 4 is 29.9 Å². The summed E-state index contributed by atoms with van der Waals surface area (Å²) in [5, 5.41) is 3.21. The molecule has 1 amide bonds. The topological polar surface area (TPSA) is 32.3 Å². The van der Waals surface area contributed by atoms with E-state index in [4.69, 9.17) is 0 Å². The minimum atomic E-state index is -0.352. The van der Waals surface area contributed by atoms with Gasteiger partial charge >= 0.3 is 0 Å². The van der Waals surface area contributed by atoms with E-state index in [-0.39, 0.29) is 11.4 Å². The minimum Gasteiger partial charge on any atom is -0.356 e. The largest absolute Gasteiger partial charge is 0.356 e. The predicted molar refractivity (Wildman–Crippen MR) is 76.1 cm³/mol. The molecule has 2 aromatic rings. The number of anilines is 2. The molecule has 0 radical (unpaired) electrons. The Labute approximate surface area is 111 Å². The van der Waals surface area contributed by atoms with Gasteiger partial charge in [0.15, 0.2) is 5.50 Å². The van der Waals surface area contributed by atoms with Crippen molar-refractivity contribution in [2.45, 2.75) is 5.50 Å². The van der Waals surface area contributed by atoms with Gasteiger partial charge in [0.1, 0.15) is 0 Å². The molecule has 1 aliphatic heterocycles. The van der Waals surface area contributed by atoms with Crippen molar-refractivity contribution < 1.29 is 4.79 Å². The van der Waals surface area contributed by atoms with Gasteiger partial charge in [-0.05, 0) is 24.3 Å². The average molecular weight is 256 g/mol. The van der Waals surface area contributed by atoms with Crippen LogP contribution in [0.5, 0.6) is 0 Å². The summed E-state index contributed by atoms with van der Waals surface area (Å²) in [5.41, 5.74) is 1.99. The maximum absolute atomic E-state index is 12.5. The second kappa shape index (κ2) is 4.38. The van der Waals surface area contributed by atoms with Crippen molar-refractivity contribution in [1.82, 2.24) is 0 Å². The van der Waals surface area contributed by atoms with Crippen LogP contribution in [0.1, 0.15) is 10.4 Å². The molecule has 0 spiro atoms. The van der Waals surface area contributed by atoms with E-state index in [1.165, 1.54) is 0 Å². The van der Waals surface area contributed by atoms with E-state index in [9.17, 15) is 4.79 Å². The van der Waals surface area contributed by atoms with Crippen molar-refractivity contribution in [3.63, 3.8) is 0 Å². The molecule has 1 unspecified atom stereocenters. The van der Waals surface area contributed by atoms with Crippen LogP contribution in [-0.4, -0.2) is 11.4 Å². The number of nitrogens with zero attached hydrogens (tertiary/aromatic N) is 1. The van der Waals surface area contributed by atoms with Gasteiger partial charge in [0.05, 0.1) is 5.56 Å². The fourth-order valence-electron chi connectivity index (χ4n) is 2.09. The molecule has 2 aromatic carbocycles. The van der Waals surface area contributed by atoms with Gasteiger partial charge in [-0.2, -0.15) is 0 Å². The lowest BCUT2D eigenvalue weighted by atomic mass is 10.1. The number of amides is 1. The smallest absolute Gasteiger partial charge is 0.262 e. The lowest BCUT2D eigenvalue weighted by molar-refractivity contribution is 0.0983. The van der Waals surface area contributed by atoms with E-state index in [1.807, 2.05) is 54.6 Å². The Bertz CT molecular complexity index is 585. The summed E-state index contributed by atoms with van der Waals surface area (Å²) in [6.45, 7) is 0. The van der Waals surface area contributed by atoms with E-state index in [2.05, 4.69) is 17.9 Å². The molecule has 0 fully saturated rings. The first-order valence-electron chi connectivity index (χ1n) is 5.69. The molecule has 1 atom stereocenters. The third-order valence-electron chi connectivity index (χ3n) is 2.94. The molecule has 0 aromatic heterocycles. The molecule has 1 heterocycles. The number of thiol groups is 1. The van der Waals surface area contributed by atoms with Crippen molar-refractivity contribution in [3.8, 4) is 0 Å². The van der Waals surface area contributed by atoms with Gasteiger partial charge in [0, 0.05) is 11.4 Å². The molecule has 3 nitrogen and oxygen atoms in total. The monoisotopic (exact) mass is 256 g/mol. The first kappa shape index (κ1) is 11.2. The zero-order chi connectivity index (χ0) is 12.5. The second-order valence-electron chi connectivity index (χ2n) is 4.07. The van der Waals surface area contributed by atoms with Gasteiger partial charge in [-0.3, -0.25) is 9.69 Å². The van der Waals surface area contributed by atoms with E-state index in [1.54, 1.807) is 4.90 Å². The molecule has 0 saturated heterocycles. The zero-order valence-electron chi connectivity index (χ0n) is 9.58. The van der Waals surface area contributed by atoms with Crippen LogP contribution in [0.2, 0.25) is 0 Å². The first-order valence-corrected chi connectivity index (χ1v) is 6.21. The van der Waals surface area contributed by atoms with Crippen molar-refractivity contribution in [2.24, 2.45) is 0 Å². The van der Waals surface area contributed by atoms with Gasteiger partial charge in [0.25, 0.3) is 5.91 Å². The lowest BCUT2D eigenvalue weighted by Crippen LogP contribution is -2.46. The van der Waals surface area contributed by atoms with Crippen LogP contribution in [0.4, 0.5) is 11.4 Å². The number of fused-ring (bicyclic) bond motifs is 1. The van der Waals surface area contributed by atoms with Gasteiger partial charge in [-0.1, -0.05) is 30.3 Å². The molecule has 90 valence electrons. The molecular weight excluding hydrogens is 244 g/mol. The summed E-state index contributed by atoms with van der Waals surface area (Å²) in [5.74, 6) is -0.0319. The van der Waals surface area contributed by atoms with E-state index < -0.39 is 0 Å². The average Bonchev–Trinajstić information content (AvgIpc) is 2.40. The Balaban J connectivity index is 2.06. The number of carbonyl (C=O) groups is 1. The number of nitrogens with one attached hydrogen (secondary N) is 1. The van der Waals surface area contributed by atoms with Gasteiger partial charge in [-0.15, -0.1) is 12.6 Å². The fraction of sp³-hybridized carbons (Fsp3) is 0.0714. The number of rotatable bonds is 1. The Morgan fingerprint density at radius 1 is 1.00 bits per heavy atom. The Hall–Kier alpha value is -1.94. The highest BCUT2D eigenvalue weighted by Gasteiger charge is 2.30. The predicted octanol–water partition coefficient (Wildman–Crippen LogP) is 2.97. The number of para-hydroxylation sites is 2. The van der Waals surface area contributed by atoms with Crippen LogP contribution in [0.25, 0.3) is 0 Å². The summed E-state index contributed by atoms with van der Waals surface area (Å²) >= 11 is 4.45. The molecular formula is C14H12N2OS. The Kier molecular flexibility index (Phi) is 2.72.